The van der Waals surface area contributed by atoms with Crippen molar-refractivity contribution in [3.63, 3.8) is 0 Å². The minimum atomic E-state index is -3.09. The first-order valence-electron chi connectivity index (χ1n) is 5.16. The van der Waals surface area contributed by atoms with E-state index >= 15 is 0 Å². The predicted molar refractivity (Wildman–Crippen MR) is 59.4 cm³/mol. The third-order valence-electron chi connectivity index (χ3n) is 1.62. The van der Waals surface area contributed by atoms with Gasteiger partial charge in [-0.15, -0.1) is 0 Å². The van der Waals surface area contributed by atoms with Crippen LogP contribution in [0.1, 0.15) is 19.8 Å². The van der Waals surface area contributed by atoms with Crippen LogP contribution in [0.15, 0.2) is 0 Å². The van der Waals surface area contributed by atoms with E-state index in [2.05, 4.69) is 11.6 Å². The van der Waals surface area contributed by atoms with Crippen LogP contribution in [-0.4, -0.2) is 47.6 Å². The summed E-state index contributed by atoms with van der Waals surface area (Å²) in [6.45, 7) is 4.64. The molecule has 0 spiro atoms. The number of hydrogen-bond acceptors (Lipinski definition) is 4. The Kier molecular flexibility index (Phi) is 8.98. The van der Waals surface area contributed by atoms with Crippen molar-refractivity contribution < 1.29 is 17.9 Å². The fraction of sp³-hybridized carbons (Fsp3) is 1.00. The van der Waals surface area contributed by atoms with E-state index in [-0.39, 0.29) is 0 Å². The highest BCUT2D eigenvalue weighted by molar-refractivity contribution is 7.88. The lowest BCUT2D eigenvalue weighted by atomic mass is 10.4. The molecule has 0 aliphatic carbocycles. The molecule has 0 aliphatic heterocycles. The summed E-state index contributed by atoms with van der Waals surface area (Å²) < 4.78 is 34.0. The van der Waals surface area contributed by atoms with Crippen LogP contribution in [0.5, 0.6) is 0 Å². The molecule has 0 fully saturated rings. The molecular formula is C9H21NO4S. The third-order valence-corrected chi connectivity index (χ3v) is 2.35. The highest BCUT2D eigenvalue weighted by atomic mass is 32.2. The SMILES string of the molecule is CCCCOCCOCCNS(C)(=O)=O. The second-order valence-corrected chi connectivity index (χ2v) is 5.08. The molecule has 0 amide bonds. The summed E-state index contributed by atoms with van der Waals surface area (Å²) in [4.78, 5) is 0. The Morgan fingerprint density at radius 2 is 1.67 bits per heavy atom. The van der Waals surface area contributed by atoms with E-state index in [0.29, 0.717) is 26.4 Å². The van der Waals surface area contributed by atoms with Gasteiger partial charge in [0.1, 0.15) is 0 Å². The number of sulfonamides is 1. The molecule has 0 heterocycles. The van der Waals surface area contributed by atoms with Gasteiger partial charge in [0.2, 0.25) is 10.0 Å². The molecule has 0 aromatic rings. The van der Waals surface area contributed by atoms with E-state index in [9.17, 15) is 8.42 Å². The monoisotopic (exact) mass is 239 g/mol. The molecule has 6 heteroatoms. The summed E-state index contributed by atoms with van der Waals surface area (Å²) in [5.41, 5.74) is 0. The molecule has 92 valence electrons. The van der Waals surface area contributed by atoms with Crippen molar-refractivity contribution >= 4 is 10.0 Å². The van der Waals surface area contributed by atoms with Crippen LogP contribution in [0.4, 0.5) is 0 Å². The summed E-state index contributed by atoms with van der Waals surface area (Å²) in [7, 11) is -3.09. The van der Waals surface area contributed by atoms with Gasteiger partial charge in [-0.1, -0.05) is 13.3 Å². The van der Waals surface area contributed by atoms with Crippen molar-refractivity contribution in [3.05, 3.63) is 0 Å². The molecule has 5 nitrogen and oxygen atoms in total. The largest absolute Gasteiger partial charge is 0.379 e. The van der Waals surface area contributed by atoms with Gasteiger partial charge in [0.15, 0.2) is 0 Å². The zero-order valence-electron chi connectivity index (χ0n) is 9.49. The van der Waals surface area contributed by atoms with Gasteiger partial charge in [0, 0.05) is 13.2 Å². The van der Waals surface area contributed by atoms with Gasteiger partial charge in [0.25, 0.3) is 0 Å². The molecule has 0 rings (SSSR count). The zero-order chi connectivity index (χ0) is 11.6. The van der Waals surface area contributed by atoms with E-state index in [1.807, 2.05) is 0 Å². The number of nitrogens with one attached hydrogen (secondary N) is 1. The normalized spacial score (nSPS) is 11.9. The summed E-state index contributed by atoms with van der Waals surface area (Å²) in [5.74, 6) is 0. The lowest BCUT2D eigenvalue weighted by Gasteiger charge is -2.05. The smallest absolute Gasteiger partial charge is 0.208 e. The number of hydrogen-bond donors (Lipinski definition) is 1. The standard InChI is InChI=1S/C9H21NO4S/c1-3-4-6-13-8-9-14-7-5-10-15(2,11)12/h10H,3-9H2,1-2H3. The van der Waals surface area contributed by atoms with Crippen molar-refractivity contribution in [1.82, 2.24) is 4.72 Å². The van der Waals surface area contributed by atoms with Crippen LogP contribution >= 0.6 is 0 Å². The maximum atomic E-state index is 10.6. The number of rotatable bonds is 10. The summed E-state index contributed by atoms with van der Waals surface area (Å²) in [5, 5.41) is 0. The molecule has 1 N–H and O–H groups in total. The molecule has 0 saturated heterocycles. The van der Waals surface area contributed by atoms with Crippen molar-refractivity contribution in [3.8, 4) is 0 Å². The molecule has 0 aromatic carbocycles. The Hall–Kier alpha value is -0.170. The molecule has 15 heavy (non-hydrogen) atoms. The van der Waals surface area contributed by atoms with Crippen LogP contribution in [0.2, 0.25) is 0 Å². The average Bonchev–Trinajstić information content (AvgIpc) is 2.14. The molecule has 0 unspecified atom stereocenters. The van der Waals surface area contributed by atoms with E-state index in [1.165, 1.54) is 0 Å². The maximum Gasteiger partial charge on any atom is 0.208 e. The number of unbranched alkanes of at least 4 members (excludes halogenated alkanes) is 1. The summed E-state index contributed by atoms with van der Waals surface area (Å²) >= 11 is 0. The Labute approximate surface area is 92.2 Å². The van der Waals surface area contributed by atoms with Crippen molar-refractivity contribution in [2.45, 2.75) is 19.8 Å². The minimum Gasteiger partial charge on any atom is -0.379 e. The average molecular weight is 239 g/mol. The zero-order valence-corrected chi connectivity index (χ0v) is 10.3. The topological polar surface area (TPSA) is 64.6 Å². The van der Waals surface area contributed by atoms with Gasteiger partial charge >= 0.3 is 0 Å². The van der Waals surface area contributed by atoms with Gasteiger partial charge in [-0.2, -0.15) is 0 Å². The molecule has 0 aromatic heterocycles. The van der Waals surface area contributed by atoms with Crippen LogP contribution in [0.25, 0.3) is 0 Å². The lowest BCUT2D eigenvalue weighted by molar-refractivity contribution is 0.0489. The van der Waals surface area contributed by atoms with Crippen molar-refractivity contribution in [2.75, 3.05) is 39.2 Å². The molecule has 0 atom stereocenters. The fourth-order valence-corrected chi connectivity index (χ4v) is 1.32. The first-order valence-corrected chi connectivity index (χ1v) is 7.05. The first kappa shape index (κ1) is 14.8. The van der Waals surface area contributed by atoms with E-state index in [0.717, 1.165) is 25.7 Å². The first-order chi connectivity index (χ1) is 7.06. The Bertz CT molecular complexity index is 228. The molecule has 0 radical (unpaired) electrons. The predicted octanol–water partition coefficient (Wildman–Crippen LogP) is 0.369. The summed E-state index contributed by atoms with van der Waals surface area (Å²) in [6.07, 6.45) is 3.32. The number of ether oxygens (including phenoxy) is 2. The van der Waals surface area contributed by atoms with E-state index in [1.54, 1.807) is 0 Å². The van der Waals surface area contributed by atoms with E-state index < -0.39 is 10.0 Å². The van der Waals surface area contributed by atoms with E-state index in [4.69, 9.17) is 9.47 Å². The lowest BCUT2D eigenvalue weighted by Crippen LogP contribution is -2.26. The van der Waals surface area contributed by atoms with Crippen LogP contribution in [0.3, 0.4) is 0 Å². The quantitative estimate of drug-likeness (QED) is 0.559. The van der Waals surface area contributed by atoms with Crippen molar-refractivity contribution in [2.24, 2.45) is 0 Å². The van der Waals surface area contributed by atoms with Crippen molar-refractivity contribution in [1.29, 1.82) is 0 Å². The Morgan fingerprint density at radius 1 is 1.07 bits per heavy atom. The van der Waals surface area contributed by atoms with Crippen LogP contribution < -0.4 is 4.72 Å². The molecular weight excluding hydrogens is 218 g/mol. The Balaban J connectivity index is 3.06. The minimum absolute atomic E-state index is 0.313. The van der Waals surface area contributed by atoms with Gasteiger partial charge in [-0.25, -0.2) is 13.1 Å². The summed E-state index contributed by atoms with van der Waals surface area (Å²) in [6, 6.07) is 0. The van der Waals surface area contributed by atoms with Crippen LogP contribution in [-0.2, 0) is 19.5 Å². The molecule has 0 bridgehead atoms. The molecule has 0 aliphatic rings. The third kappa shape index (κ3) is 13.8. The maximum absolute atomic E-state index is 10.6. The van der Waals surface area contributed by atoms with Gasteiger partial charge < -0.3 is 9.47 Å². The Morgan fingerprint density at radius 3 is 2.20 bits per heavy atom. The van der Waals surface area contributed by atoms with Crippen LogP contribution in [0, 0.1) is 0 Å². The highest BCUT2D eigenvalue weighted by Gasteiger charge is 1.98. The second kappa shape index (κ2) is 9.08. The second-order valence-electron chi connectivity index (χ2n) is 3.24. The van der Waals surface area contributed by atoms with Gasteiger partial charge in [-0.3, -0.25) is 0 Å². The fourth-order valence-electron chi connectivity index (χ4n) is 0.868. The molecule has 0 saturated carbocycles. The van der Waals surface area contributed by atoms with Gasteiger partial charge in [-0.05, 0) is 6.42 Å². The van der Waals surface area contributed by atoms with Gasteiger partial charge in [0.05, 0.1) is 26.1 Å². The highest BCUT2D eigenvalue weighted by Crippen LogP contribution is 1.87.